The van der Waals surface area contributed by atoms with Gasteiger partial charge in [0.05, 0.1) is 0 Å². The maximum absolute atomic E-state index is 12.6. The molecule has 5 nitrogen and oxygen atoms in total. The van der Waals surface area contributed by atoms with E-state index in [2.05, 4.69) is 10.6 Å². The van der Waals surface area contributed by atoms with Gasteiger partial charge in [-0.25, -0.2) is 0 Å². The molecule has 0 aliphatic carbocycles. The van der Waals surface area contributed by atoms with Crippen molar-refractivity contribution in [3.63, 3.8) is 0 Å². The van der Waals surface area contributed by atoms with Gasteiger partial charge in [0.15, 0.2) is 0 Å². The highest BCUT2D eigenvalue weighted by Gasteiger charge is 2.14. The minimum Gasteiger partial charge on any atom is -0.349 e. The zero-order valence-electron chi connectivity index (χ0n) is 15.8. The lowest BCUT2D eigenvalue weighted by atomic mass is 10.1. The van der Waals surface area contributed by atoms with Gasteiger partial charge < -0.3 is 15.5 Å². The maximum atomic E-state index is 12.6. The Labute approximate surface area is 165 Å². The molecular formula is C21H24ClN3O2. The van der Waals surface area contributed by atoms with Gasteiger partial charge in [-0.1, -0.05) is 41.4 Å². The Kier molecular flexibility index (Phi) is 7.58. The van der Waals surface area contributed by atoms with Crippen molar-refractivity contribution >= 4 is 29.5 Å². The van der Waals surface area contributed by atoms with Crippen molar-refractivity contribution in [1.29, 1.82) is 0 Å². The fraction of sp³-hybridized carbons (Fsp3) is 0.238. The summed E-state index contributed by atoms with van der Waals surface area (Å²) in [6, 6.07) is 14.2. The molecule has 0 saturated carbocycles. The summed E-state index contributed by atoms with van der Waals surface area (Å²) in [7, 11) is 3.85. The van der Waals surface area contributed by atoms with E-state index in [1.807, 2.05) is 38.1 Å². The molecule has 0 atom stereocenters. The topological polar surface area (TPSA) is 61.4 Å². The van der Waals surface area contributed by atoms with Crippen molar-refractivity contribution in [2.45, 2.75) is 6.92 Å². The molecule has 0 radical (unpaired) electrons. The molecule has 2 aromatic rings. The summed E-state index contributed by atoms with van der Waals surface area (Å²) in [5.41, 5.74) is 2.50. The van der Waals surface area contributed by atoms with E-state index in [9.17, 15) is 9.59 Å². The Balaban J connectivity index is 2.20. The average Bonchev–Trinajstić information content (AvgIpc) is 2.63. The van der Waals surface area contributed by atoms with Crippen LogP contribution < -0.4 is 10.6 Å². The molecule has 2 N–H and O–H groups in total. The summed E-state index contributed by atoms with van der Waals surface area (Å²) in [5, 5.41) is 6.14. The minimum absolute atomic E-state index is 0.182. The van der Waals surface area contributed by atoms with Crippen molar-refractivity contribution in [2.24, 2.45) is 0 Å². The van der Waals surface area contributed by atoms with Gasteiger partial charge in [-0.05, 0) is 56.9 Å². The first-order chi connectivity index (χ1) is 12.8. The first-order valence-corrected chi connectivity index (χ1v) is 9.01. The third-order valence-electron chi connectivity index (χ3n) is 3.83. The lowest BCUT2D eigenvalue weighted by Crippen LogP contribution is -2.37. The van der Waals surface area contributed by atoms with E-state index in [1.54, 1.807) is 42.5 Å². The second-order valence-electron chi connectivity index (χ2n) is 6.49. The Bertz CT molecular complexity index is 812. The summed E-state index contributed by atoms with van der Waals surface area (Å²) < 4.78 is 0. The normalized spacial score (nSPS) is 11.4. The number of halogens is 1. The van der Waals surface area contributed by atoms with Crippen molar-refractivity contribution in [3.05, 3.63) is 75.9 Å². The van der Waals surface area contributed by atoms with Gasteiger partial charge in [-0.3, -0.25) is 9.59 Å². The van der Waals surface area contributed by atoms with Crippen LogP contribution in [0.4, 0.5) is 0 Å². The molecule has 142 valence electrons. The zero-order chi connectivity index (χ0) is 19.8. The lowest BCUT2D eigenvalue weighted by Gasteiger charge is -2.13. The van der Waals surface area contributed by atoms with E-state index in [4.69, 9.17) is 11.6 Å². The Morgan fingerprint density at radius 3 is 2.26 bits per heavy atom. The lowest BCUT2D eigenvalue weighted by molar-refractivity contribution is -0.117. The van der Waals surface area contributed by atoms with E-state index >= 15 is 0 Å². The number of nitrogens with one attached hydrogen (secondary N) is 2. The number of nitrogens with zero attached hydrogens (tertiary/aromatic N) is 1. The van der Waals surface area contributed by atoms with Crippen LogP contribution in [0.5, 0.6) is 0 Å². The molecule has 0 fully saturated rings. The van der Waals surface area contributed by atoms with E-state index < -0.39 is 0 Å². The fourth-order valence-corrected chi connectivity index (χ4v) is 2.40. The minimum atomic E-state index is -0.340. The third kappa shape index (κ3) is 6.89. The Morgan fingerprint density at radius 1 is 1.04 bits per heavy atom. The van der Waals surface area contributed by atoms with Crippen LogP contribution in [0, 0.1) is 6.92 Å². The molecule has 6 heteroatoms. The van der Waals surface area contributed by atoms with Crippen molar-refractivity contribution in [1.82, 2.24) is 15.5 Å². The highest BCUT2D eigenvalue weighted by Crippen LogP contribution is 2.12. The third-order valence-corrected chi connectivity index (χ3v) is 4.08. The van der Waals surface area contributed by atoms with Crippen LogP contribution >= 0.6 is 11.6 Å². The second-order valence-corrected chi connectivity index (χ2v) is 6.93. The largest absolute Gasteiger partial charge is 0.349 e. The standard InChI is InChI=1S/C21H24ClN3O2/c1-15-4-8-17(9-5-15)20(26)24-19(21(27)23-12-13-25(2)3)14-16-6-10-18(22)11-7-16/h4-11,14H,12-13H2,1-3H3,(H,23,27)(H,24,26)/b19-14-. The van der Waals surface area contributed by atoms with Crippen LogP contribution in [0.15, 0.2) is 54.2 Å². The molecule has 0 spiro atoms. The first kappa shape index (κ1) is 20.7. The zero-order valence-corrected chi connectivity index (χ0v) is 16.5. The summed E-state index contributed by atoms with van der Waals surface area (Å²) in [5.74, 6) is -0.676. The van der Waals surface area contributed by atoms with Gasteiger partial charge in [-0.2, -0.15) is 0 Å². The number of amides is 2. The van der Waals surface area contributed by atoms with Gasteiger partial charge >= 0.3 is 0 Å². The van der Waals surface area contributed by atoms with Crippen LogP contribution in [0.1, 0.15) is 21.5 Å². The smallest absolute Gasteiger partial charge is 0.267 e. The van der Waals surface area contributed by atoms with Crippen LogP contribution in [0.3, 0.4) is 0 Å². The molecule has 0 heterocycles. The number of hydrogen-bond donors (Lipinski definition) is 2. The Hall–Kier alpha value is -2.63. The molecule has 0 unspecified atom stereocenters. The predicted octanol–water partition coefficient (Wildman–Crippen LogP) is 3.10. The van der Waals surface area contributed by atoms with E-state index in [0.29, 0.717) is 23.7 Å². The van der Waals surface area contributed by atoms with E-state index in [1.165, 1.54) is 0 Å². The summed E-state index contributed by atoms with van der Waals surface area (Å²) >= 11 is 5.91. The van der Waals surface area contributed by atoms with Crippen molar-refractivity contribution < 1.29 is 9.59 Å². The Morgan fingerprint density at radius 2 is 1.67 bits per heavy atom. The van der Waals surface area contributed by atoms with E-state index in [0.717, 1.165) is 11.1 Å². The van der Waals surface area contributed by atoms with Gasteiger partial charge in [0, 0.05) is 23.7 Å². The maximum Gasteiger partial charge on any atom is 0.267 e. The average molecular weight is 386 g/mol. The number of rotatable bonds is 7. The number of carbonyl (C=O) groups is 2. The first-order valence-electron chi connectivity index (χ1n) is 8.63. The molecule has 0 aromatic heterocycles. The van der Waals surface area contributed by atoms with Gasteiger partial charge in [0.2, 0.25) is 0 Å². The van der Waals surface area contributed by atoms with Crippen molar-refractivity contribution in [3.8, 4) is 0 Å². The molecule has 27 heavy (non-hydrogen) atoms. The molecule has 0 aliphatic heterocycles. The van der Waals surface area contributed by atoms with Crippen molar-refractivity contribution in [2.75, 3.05) is 27.2 Å². The molecule has 0 saturated heterocycles. The summed E-state index contributed by atoms with van der Waals surface area (Å²) in [6.07, 6.45) is 1.63. The second kappa shape index (κ2) is 9.90. The number of aryl methyl sites for hydroxylation is 1. The van der Waals surface area contributed by atoms with Gasteiger partial charge in [0.1, 0.15) is 5.70 Å². The molecule has 2 amide bonds. The number of carbonyl (C=O) groups excluding carboxylic acids is 2. The van der Waals surface area contributed by atoms with Gasteiger partial charge in [-0.15, -0.1) is 0 Å². The van der Waals surface area contributed by atoms with Crippen LogP contribution in [-0.4, -0.2) is 43.9 Å². The predicted molar refractivity (Wildman–Crippen MR) is 110 cm³/mol. The molecule has 2 aromatic carbocycles. The molecular weight excluding hydrogens is 362 g/mol. The van der Waals surface area contributed by atoms with E-state index in [-0.39, 0.29) is 17.5 Å². The fourth-order valence-electron chi connectivity index (χ4n) is 2.27. The molecule has 0 bridgehead atoms. The summed E-state index contributed by atoms with van der Waals surface area (Å²) in [6.45, 7) is 3.13. The van der Waals surface area contributed by atoms with Crippen LogP contribution in [0.2, 0.25) is 5.02 Å². The van der Waals surface area contributed by atoms with Crippen LogP contribution in [-0.2, 0) is 4.79 Å². The quantitative estimate of drug-likeness (QED) is 0.720. The monoisotopic (exact) mass is 385 g/mol. The summed E-state index contributed by atoms with van der Waals surface area (Å²) in [4.78, 5) is 27.1. The van der Waals surface area contributed by atoms with Crippen LogP contribution in [0.25, 0.3) is 6.08 Å². The SMILES string of the molecule is Cc1ccc(C(=O)N/C(=C\c2ccc(Cl)cc2)C(=O)NCCN(C)C)cc1. The molecule has 0 aliphatic rings. The molecule has 2 rings (SSSR count). The number of hydrogen-bond acceptors (Lipinski definition) is 3. The number of likely N-dealkylation sites (N-methyl/N-ethyl adjacent to an activating group) is 1. The van der Waals surface area contributed by atoms with Gasteiger partial charge in [0.25, 0.3) is 11.8 Å². The highest BCUT2D eigenvalue weighted by atomic mass is 35.5. The highest BCUT2D eigenvalue weighted by molar-refractivity contribution is 6.30. The number of benzene rings is 2.